The minimum atomic E-state index is -2.74. The maximum atomic E-state index is 14.9. The molecule has 2 bridgehead atoms. The molecule has 8 heterocycles. The Hall–Kier alpha value is -3.51. The first-order chi connectivity index (χ1) is 25.3. The van der Waals surface area contributed by atoms with Crippen LogP contribution in [0.3, 0.4) is 0 Å². The number of hydrogen-bond acceptors (Lipinski definition) is 10. The lowest BCUT2D eigenvalue weighted by Crippen LogP contribution is -2.57. The molecule has 4 atom stereocenters. The van der Waals surface area contributed by atoms with Gasteiger partial charge in [-0.05, 0) is 100 Å². The van der Waals surface area contributed by atoms with Crippen molar-refractivity contribution in [3.63, 3.8) is 0 Å². The molecular formula is C37H40F3IN8O3S. The number of anilines is 1. The highest BCUT2D eigenvalue weighted by molar-refractivity contribution is 14.1. The Bertz CT molecular complexity index is 2270. The lowest BCUT2D eigenvalue weighted by molar-refractivity contribution is 0.0122. The number of rotatable bonds is 6. The number of piperazine rings is 1. The zero-order chi connectivity index (χ0) is 37.0. The first-order valence-electron chi connectivity index (χ1n) is 18.1. The number of nitrogens with zero attached hydrogens (tertiary/aromatic N) is 7. The Balaban J connectivity index is 1.19. The van der Waals surface area contributed by atoms with Gasteiger partial charge in [-0.3, -0.25) is 19.9 Å². The number of ether oxygens (including phenoxy) is 2. The number of carbonyl (C=O) groups excluding carboxylic acids is 1. The van der Waals surface area contributed by atoms with Crippen LogP contribution in [0.15, 0.2) is 18.3 Å². The Morgan fingerprint density at radius 2 is 1.94 bits per heavy atom. The van der Waals surface area contributed by atoms with Crippen molar-refractivity contribution in [2.75, 3.05) is 37.7 Å². The van der Waals surface area contributed by atoms with Crippen molar-refractivity contribution in [2.45, 2.75) is 95.6 Å². The SMILES string of the molecule is Cc1cc2[nH]nc(I)c2c(-c2nccc3c2sc2nc(OC[C@@]45CCCN4C[C@H](F)C5)nc(N4C[C@H]5CC[C@@H](C4)N5C(=O)OC(C)(C)C)c23)c1C(F)F. The van der Waals surface area contributed by atoms with Crippen LogP contribution in [0, 0.1) is 10.6 Å². The van der Waals surface area contributed by atoms with Gasteiger partial charge in [0.15, 0.2) is 0 Å². The molecule has 4 aromatic heterocycles. The Kier molecular flexibility index (Phi) is 8.49. The van der Waals surface area contributed by atoms with E-state index < -0.39 is 23.7 Å². The number of aromatic amines is 1. The molecule has 5 aromatic rings. The van der Waals surface area contributed by atoms with E-state index in [-0.39, 0.29) is 36.4 Å². The molecule has 0 radical (unpaired) electrons. The van der Waals surface area contributed by atoms with Crippen LogP contribution in [0.1, 0.15) is 70.4 Å². The van der Waals surface area contributed by atoms with Gasteiger partial charge in [-0.25, -0.2) is 18.0 Å². The minimum Gasteiger partial charge on any atom is -0.461 e. The fourth-order valence-corrected chi connectivity index (χ4v) is 11.0. The number of nitrogens with one attached hydrogen (secondary N) is 1. The highest BCUT2D eigenvalue weighted by atomic mass is 127. The van der Waals surface area contributed by atoms with Crippen molar-refractivity contribution in [3.8, 4) is 17.3 Å². The zero-order valence-electron chi connectivity index (χ0n) is 29.9. The third-order valence-corrected chi connectivity index (χ3v) is 13.2. The maximum absolute atomic E-state index is 14.9. The van der Waals surface area contributed by atoms with Crippen LogP contribution in [0.2, 0.25) is 0 Å². The standard InChI is InChI=1S/C37H40F3IN8O3S/c1-18-12-23-26(31(41)46-45-23)27(24(18)30(39)40)28-29-22(8-10-42-28)25-32(47-15-20-6-7-21(16-47)49(20)35(50)52-36(2,3)4)43-34(44-33(25)53-29)51-17-37-9-5-11-48(37)14-19(38)13-37/h8,10,12,19-21,30H,5-7,9,11,13-17H2,1-4H3,(H,45,46)/t19-,20-,21+,37+/m1/s1. The van der Waals surface area contributed by atoms with Crippen LogP contribution in [-0.4, -0.2) is 103 Å². The summed E-state index contributed by atoms with van der Waals surface area (Å²) in [6, 6.07) is 3.63. The van der Waals surface area contributed by atoms with Crippen LogP contribution >= 0.6 is 33.9 Å². The Morgan fingerprint density at radius 3 is 2.68 bits per heavy atom. The molecule has 4 fully saturated rings. The number of halogens is 4. The molecule has 11 nitrogen and oxygen atoms in total. The number of aromatic nitrogens is 5. The molecule has 0 spiro atoms. The summed E-state index contributed by atoms with van der Waals surface area (Å²) in [5.74, 6) is 0.658. The van der Waals surface area contributed by atoms with Gasteiger partial charge in [-0.15, -0.1) is 11.3 Å². The van der Waals surface area contributed by atoms with Crippen LogP contribution in [-0.2, 0) is 4.74 Å². The molecular weight excluding hydrogens is 820 g/mol. The Labute approximate surface area is 321 Å². The third kappa shape index (κ3) is 5.88. The van der Waals surface area contributed by atoms with Crippen LogP contribution in [0.25, 0.3) is 42.5 Å². The number of hydrogen-bond donors (Lipinski definition) is 1. The first kappa shape index (κ1) is 35.2. The van der Waals surface area contributed by atoms with Crippen molar-refractivity contribution in [1.29, 1.82) is 0 Å². The molecule has 1 amide bonds. The van der Waals surface area contributed by atoms with E-state index >= 15 is 0 Å². The van der Waals surface area contributed by atoms with E-state index in [9.17, 15) is 18.0 Å². The molecule has 4 aliphatic heterocycles. The van der Waals surface area contributed by atoms with Gasteiger partial charge in [0.05, 0.1) is 38.9 Å². The maximum Gasteiger partial charge on any atom is 0.410 e. The quantitative estimate of drug-likeness (QED) is 0.169. The lowest BCUT2D eigenvalue weighted by atomic mass is 9.95. The van der Waals surface area contributed by atoms with Gasteiger partial charge in [0, 0.05) is 54.2 Å². The molecule has 280 valence electrons. The van der Waals surface area contributed by atoms with Gasteiger partial charge in [-0.2, -0.15) is 15.1 Å². The van der Waals surface area contributed by atoms with Crippen molar-refractivity contribution in [1.82, 2.24) is 34.9 Å². The van der Waals surface area contributed by atoms with E-state index in [0.717, 1.165) is 43.0 Å². The van der Waals surface area contributed by atoms with Gasteiger partial charge in [-0.1, -0.05) is 0 Å². The second-order valence-corrected chi connectivity index (χ2v) is 17.9. The highest BCUT2D eigenvalue weighted by Gasteiger charge is 2.50. The number of alkyl halides is 3. The number of benzene rings is 1. The number of thiophene rings is 1. The van der Waals surface area contributed by atoms with Crippen LogP contribution < -0.4 is 9.64 Å². The number of aryl methyl sites for hydroxylation is 1. The molecule has 1 aromatic carbocycles. The second-order valence-electron chi connectivity index (χ2n) is 15.9. The summed E-state index contributed by atoms with van der Waals surface area (Å²) >= 11 is 3.44. The summed E-state index contributed by atoms with van der Waals surface area (Å²) in [5.41, 5.74) is 0.792. The largest absolute Gasteiger partial charge is 0.461 e. The number of pyridine rings is 1. The van der Waals surface area contributed by atoms with Crippen molar-refractivity contribution >= 4 is 77.0 Å². The van der Waals surface area contributed by atoms with E-state index in [1.165, 1.54) is 11.3 Å². The van der Waals surface area contributed by atoms with Crippen molar-refractivity contribution in [3.05, 3.63) is 33.2 Å². The van der Waals surface area contributed by atoms with Crippen molar-refractivity contribution in [2.24, 2.45) is 0 Å². The average Bonchev–Trinajstić information content (AvgIpc) is 3.88. The highest BCUT2D eigenvalue weighted by Crippen LogP contribution is 2.48. The fraction of sp³-hybridized carbons (Fsp3) is 0.541. The molecule has 4 aliphatic rings. The summed E-state index contributed by atoms with van der Waals surface area (Å²) in [6.07, 6.45) is 1.63. The molecule has 0 aliphatic carbocycles. The topological polar surface area (TPSA) is 113 Å². The van der Waals surface area contributed by atoms with E-state index in [2.05, 4.69) is 42.6 Å². The molecule has 1 N–H and O–H groups in total. The first-order valence-corrected chi connectivity index (χ1v) is 20.0. The van der Waals surface area contributed by atoms with Gasteiger partial charge in [0.2, 0.25) is 0 Å². The summed E-state index contributed by atoms with van der Waals surface area (Å²) in [4.78, 5) is 35.0. The third-order valence-electron chi connectivity index (χ3n) is 11.3. The fourth-order valence-electron chi connectivity index (χ4n) is 9.20. The number of fused-ring (bicyclic) bond motifs is 7. The van der Waals surface area contributed by atoms with Crippen molar-refractivity contribution < 1.29 is 27.4 Å². The van der Waals surface area contributed by atoms with E-state index in [1.54, 1.807) is 19.2 Å². The second kappa shape index (κ2) is 12.8. The molecule has 16 heteroatoms. The van der Waals surface area contributed by atoms with E-state index in [4.69, 9.17) is 24.4 Å². The average molecular weight is 861 g/mol. The predicted molar refractivity (Wildman–Crippen MR) is 206 cm³/mol. The van der Waals surface area contributed by atoms with Gasteiger partial charge in [0.25, 0.3) is 6.43 Å². The number of carbonyl (C=O) groups is 1. The summed E-state index contributed by atoms with van der Waals surface area (Å²) in [6.45, 7) is 9.87. The lowest BCUT2D eigenvalue weighted by Gasteiger charge is -2.42. The van der Waals surface area contributed by atoms with Gasteiger partial charge in [0.1, 0.15) is 32.7 Å². The number of H-pyrrole nitrogens is 1. The molecule has 9 rings (SSSR count). The zero-order valence-corrected chi connectivity index (χ0v) is 32.9. The molecule has 4 saturated heterocycles. The number of amides is 1. The molecule has 0 unspecified atom stereocenters. The normalized spacial score (nSPS) is 24.7. The van der Waals surface area contributed by atoms with E-state index in [0.29, 0.717) is 72.8 Å². The van der Waals surface area contributed by atoms with Gasteiger partial charge < -0.3 is 14.4 Å². The summed E-state index contributed by atoms with van der Waals surface area (Å²) < 4.78 is 58.0. The minimum absolute atomic E-state index is 0.0802. The molecule has 0 saturated carbocycles. The van der Waals surface area contributed by atoms with Crippen LogP contribution in [0.5, 0.6) is 6.01 Å². The smallest absolute Gasteiger partial charge is 0.410 e. The van der Waals surface area contributed by atoms with Gasteiger partial charge >= 0.3 is 12.1 Å². The monoisotopic (exact) mass is 860 g/mol. The predicted octanol–water partition coefficient (Wildman–Crippen LogP) is 8.18. The summed E-state index contributed by atoms with van der Waals surface area (Å²) in [7, 11) is 0. The molecule has 53 heavy (non-hydrogen) atoms. The van der Waals surface area contributed by atoms with Crippen LogP contribution in [0.4, 0.5) is 23.8 Å². The Morgan fingerprint density at radius 1 is 1.17 bits per heavy atom. The summed E-state index contributed by atoms with van der Waals surface area (Å²) in [5, 5.41) is 9.52. The van der Waals surface area contributed by atoms with E-state index in [1.807, 2.05) is 31.7 Å².